The summed E-state index contributed by atoms with van der Waals surface area (Å²) in [6, 6.07) is 13.7. The Morgan fingerprint density at radius 3 is 2.46 bits per heavy atom. The first kappa shape index (κ1) is 17.3. The molecule has 3 aromatic rings. The number of anilines is 1. The van der Waals surface area contributed by atoms with Gasteiger partial charge in [-0.05, 0) is 23.8 Å². The van der Waals surface area contributed by atoms with Crippen LogP contribution in [0.1, 0.15) is 11.1 Å². The Morgan fingerprint density at radius 2 is 1.73 bits per heavy atom. The number of alkyl halides is 3. The normalized spacial score (nSPS) is 16.3. The quantitative estimate of drug-likeness (QED) is 0.663. The van der Waals surface area contributed by atoms with Gasteiger partial charge in [0.25, 0.3) is 0 Å². The molecule has 1 aliphatic rings. The van der Waals surface area contributed by atoms with Crippen molar-refractivity contribution in [3.05, 3.63) is 59.7 Å². The van der Waals surface area contributed by atoms with E-state index < -0.39 is 11.7 Å². The van der Waals surface area contributed by atoms with Gasteiger partial charge in [-0.25, -0.2) is 4.98 Å². The highest BCUT2D eigenvalue weighted by molar-refractivity contribution is 7.22. The first-order valence-corrected chi connectivity index (χ1v) is 9.30. The largest absolute Gasteiger partial charge is 0.416 e. The average molecular weight is 377 g/mol. The number of rotatable bonds is 3. The van der Waals surface area contributed by atoms with Crippen LogP contribution >= 0.6 is 11.3 Å². The van der Waals surface area contributed by atoms with Crippen molar-refractivity contribution in [1.82, 2.24) is 9.88 Å². The molecule has 4 rings (SSSR count). The van der Waals surface area contributed by atoms with E-state index in [1.165, 1.54) is 16.8 Å². The van der Waals surface area contributed by atoms with Gasteiger partial charge in [0.2, 0.25) is 0 Å². The van der Waals surface area contributed by atoms with E-state index >= 15 is 0 Å². The summed E-state index contributed by atoms with van der Waals surface area (Å²) in [5, 5.41) is 1.02. The van der Waals surface area contributed by atoms with Crippen molar-refractivity contribution in [2.75, 3.05) is 31.1 Å². The van der Waals surface area contributed by atoms with Crippen molar-refractivity contribution < 1.29 is 13.2 Å². The van der Waals surface area contributed by atoms with E-state index in [4.69, 9.17) is 0 Å². The van der Waals surface area contributed by atoms with E-state index in [9.17, 15) is 13.2 Å². The fraction of sp³-hybridized carbons (Fsp3) is 0.316. The Bertz CT molecular complexity index is 865. The Kier molecular flexibility index (Phi) is 4.58. The maximum absolute atomic E-state index is 12.8. The van der Waals surface area contributed by atoms with Crippen molar-refractivity contribution >= 4 is 26.7 Å². The standard InChI is InChI=1S/C19H18F3N3S/c20-19(21,22)15-5-3-4-14(12-15)13-24-8-10-25(11-9-24)18-23-16-6-1-2-7-17(16)26-18/h1-7,12H,8-11,13H2. The highest BCUT2D eigenvalue weighted by Gasteiger charge is 2.30. The van der Waals surface area contributed by atoms with E-state index in [-0.39, 0.29) is 0 Å². The number of thiazole rings is 1. The summed E-state index contributed by atoms with van der Waals surface area (Å²) >= 11 is 1.68. The maximum Gasteiger partial charge on any atom is 0.416 e. The van der Waals surface area contributed by atoms with Crippen molar-refractivity contribution in [3.63, 3.8) is 0 Å². The van der Waals surface area contributed by atoms with E-state index in [1.54, 1.807) is 17.4 Å². The van der Waals surface area contributed by atoms with E-state index in [0.29, 0.717) is 12.1 Å². The Hall–Kier alpha value is -2.12. The lowest BCUT2D eigenvalue weighted by Crippen LogP contribution is -2.45. The highest BCUT2D eigenvalue weighted by Crippen LogP contribution is 2.31. The number of benzene rings is 2. The maximum atomic E-state index is 12.8. The Balaban J connectivity index is 1.39. The molecule has 0 bridgehead atoms. The lowest BCUT2D eigenvalue weighted by molar-refractivity contribution is -0.137. The molecule has 7 heteroatoms. The minimum Gasteiger partial charge on any atom is -0.345 e. The predicted molar refractivity (Wildman–Crippen MR) is 98.6 cm³/mol. The van der Waals surface area contributed by atoms with E-state index in [2.05, 4.69) is 20.9 Å². The zero-order valence-electron chi connectivity index (χ0n) is 14.0. The molecule has 1 aliphatic heterocycles. The molecule has 0 spiro atoms. The van der Waals surface area contributed by atoms with E-state index in [1.807, 2.05) is 18.2 Å². The van der Waals surface area contributed by atoms with Gasteiger partial charge in [0.15, 0.2) is 5.13 Å². The molecule has 0 amide bonds. The first-order valence-electron chi connectivity index (χ1n) is 8.48. The van der Waals surface area contributed by atoms with Crippen LogP contribution in [0.25, 0.3) is 10.2 Å². The van der Waals surface area contributed by atoms with Gasteiger partial charge in [-0.15, -0.1) is 0 Å². The third-order valence-electron chi connectivity index (χ3n) is 4.59. The summed E-state index contributed by atoms with van der Waals surface area (Å²) in [7, 11) is 0. The zero-order chi connectivity index (χ0) is 18.1. The third kappa shape index (κ3) is 3.68. The summed E-state index contributed by atoms with van der Waals surface area (Å²) in [5.74, 6) is 0. The van der Waals surface area contributed by atoms with Crippen LogP contribution in [0.4, 0.5) is 18.3 Å². The predicted octanol–water partition coefficient (Wildman–Crippen LogP) is 4.64. The molecule has 0 radical (unpaired) electrons. The summed E-state index contributed by atoms with van der Waals surface area (Å²) in [6.07, 6.45) is -4.29. The number of aromatic nitrogens is 1. The number of piperazine rings is 1. The van der Waals surface area contributed by atoms with Gasteiger partial charge in [-0.3, -0.25) is 4.90 Å². The van der Waals surface area contributed by atoms with Gasteiger partial charge < -0.3 is 4.90 Å². The molecule has 0 unspecified atom stereocenters. The van der Waals surface area contributed by atoms with Crippen LogP contribution in [-0.2, 0) is 12.7 Å². The molecule has 2 heterocycles. The molecule has 136 valence electrons. The van der Waals surface area contributed by atoms with Crippen LogP contribution in [0.15, 0.2) is 48.5 Å². The molecular formula is C19H18F3N3S. The zero-order valence-corrected chi connectivity index (χ0v) is 14.9. The molecule has 3 nitrogen and oxygen atoms in total. The number of fused-ring (bicyclic) bond motifs is 1. The summed E-state index contributed by atoms with van der Waals surface area (Å²) < 4.78 is 39.7. The highest BCUT2D eigenvalue weighted by atomic mass is 32.1. The topological polar surface area (TPSA) is 19.4 Å². The minimum absolute atomic E-state index is 0.539. The minimum atomic E-state index is -4.29. The van der Waals surface area contributed by atoms with Crippen LogP contribution in [0.3, 0.4) is 0 Å². The van der Waals surface area contributed by atoms with Gasteiger partial charge >= 0.3 is 6.18 Å². The number of hydrogen-bond acceptors (Lipinski definition) is 4. The first-order chi connectivity index (χ1) is 12.5. The third-order valence-corrected chi connectivity index (χ3v) is 5.68. The second kappa shape index (κ2) is 6.89. The Labute approximate surface area is 153 Å². The van der Waals surface area contributed by atoms with Crippen LogP contribution in [-0.4, -0.2) is 36.1 Å². The average Bonchev–Trinajstić information content (AvgIpc) is 3.06. The molecule has 1 saturated heterocycles. The SMILES string of the molecule is FC(F)(F)c1cccc(CN2CCN(c3nc4ccccc4s3)CC2)c1. The smallest absolute Gasteiger partial charge is 0.345 e. The van der Waals surface area contributed by atoms with E-state index in [0.717, 1.165) is 42.9 Å². The molecule has 0 saturated carbocycles. The van der Waals surface area contributed by atoms with Gasteiger partial charge in [-0.2, -0.15) is 13.2 Å². The lowest BCUT2D eigenvalue weighted by Gasteiger charge is -2.34. The number of halogens is 3. The van der Waals surface area contributed by atoms with Crippen LogP contribution in [0, 0.1) is 0 Å². The molecular weight excluding hydrogens is 359 g/mol. The molecule has 26 heavy (non-hydrogen) atoms. The van der Waals surface area contributed by atoms with Crippen molar-refractivity contribution in [3.8, 4) is 0 Å². The summed E-state index contributed by atoms with van der Waals surface area (Å²) in [5.41, 5.74) is 1.13. The second-order valence-electron chi connectivity index (χ2n) is 6.43. The van der Waals surface area contributed by atoms with Crippen molar-refractivity contribution in [1.29, 1.82) is 0 Å². The molecule has 0 N–H and O–H groups in total. The Morgan fingerprint density at radius 1 is 0.962 bits per heavy atom. The second-order valence-corrected chi connectivity index (χ2v) is 7.43. The fourth-order valence-electron chi connectivity index (χ4n) is 3.20. The molecule has 0 atom stereocenters. The molecule has 0 aliphatic carbocycles. The van der Waals surface area contributed by atoms with Gasteiger partial charge in [-0.1, -0.05) is 41.7 Å². The van der Waals surface area contributed by atoms with Gasteiger partial charge in [0.05, 0.1) is 15.8 Å². The van der Waals surface area contributed by atoms with Crippen LogP contribution < -0.4 is 4.90 Å². The summed E-state index contributed by atoms with van der Waals surface area (Å²) in [6.45, 7) is 3.83. The van der Waals surface area contributed by atoms with Crippen molar-refractivity contribution in [2.24, 2.45) is 0 Å². The fourth-order valence-corrected chi connectivity index (χ4v) is 4.21. The molecule has 1 aromatic heterocycles. The number of para-hydroxylation sites is 1. The van der Waals surface area contributed by atoms with Crippen molar-refractivity contribution in [2.45, 2.75) is 12.7 Å². The lowest BCUT2D eigenvalue weighted by atomic mass is 10.1. The summed E-state index contributed by atoms with van der Waals surface area (Å²) in [4.78, 5) is 9.14. The van der Waals surface area contributed by atoms with Crippen LogP contribution in [0.2, 0.25) is 0 Å². The number of hydrogen-bond donors (Lipinski definition) is 0. The number of nitrogens with zero attached hydrogens (tertiary/aromatic N) is 3. The monoisotopic (exact) mass is 377 g/mol. The molecule has 2 aromatic carbocycles. The molecule has 1 fully saturated rings. The van der Waals surface area contributed by atoms with Gasteiger partial charge in [0.1, 0.15) is 0 Å². The van der Waals surface area contributed by atoms with Gasteiger partial charge in [0, 0.05) is 32.7 Å². The van der Waals surface area contributed by atoms with Crippen LogP contribution in [0.5, 0.6) is 0 Å².